The van der Waals surface area contributed by atoms with Crippen molar-refractivity contribution in [3.63, 3.8) is 0 Å². The highest BCUT2D eigenvalue weighted by molar-refractivity contribution is 5.63. The number of aromatic amines is 1. The Morgan fingerprint density at radius 3 is 2.62 bits per heavy atom. The van der Waals surface area contributed by atoms with Gasteiger partial charge in [0.05, 0.1) is 11.4 Å². The van der Waals surface area contributed by atoms with E-state index in [0.717, 1.165) is 48.0 Å². The van der Waals surface area contributed by atoms with Crippen LogP contribution < -0.4 is 5.32 Å². The van der Waals surface area contributed by atoms with E-state index in [4.69, 9.17) is 5.10 Å². The van der Waals surface area contributed by atoms with Crippen molar-refractivity contribution in [2.45, 2.75) is 33.7 Å². The van der Waals surface area contributed by atoms with Gasteiger partial charge in [-0.3, -0.25) is 0 Å². The fraction of sp³-hybridized carbons (Fsp3) is 0.250. The molecule has 0 fully saturated rings. The summed E-state index contributed by atoms with van der Waals surface area (Å²) in [6.07, 6.45) is 4.89. The molecule has 5 nitrogen and oxygen atoms in total. The summed E-state index contributed by atoms with van der Waals surface area (Å²) in [4.78, 5) is 7.66. The van der Waals surface area contributed by atoms with Gasteiger partial charge in [0.15, 0.2) is 0 Å². The molecule has 4 aromatic rings. The zero-order valence-electron chi connectivity index (χ0n) is 17.2. The average molecular weight is 386 g/mol. The lowest BCUT2D eigenvalue weighted by Crippen LogP contribution is -2.17. The van der Waals surface area contributed by atoms with Crippen LogP contribution in [0.5, 0.6) is 0 Å². The minimum atomic E-state index is 0.759. The Hall–Kier alpha value is -3.18. The molecule has 2 heterocycles. The van der Waals surface area contributed by atoms with Crippen molar-refractivity contribution >= 4 is 0 Å². The summed E-state index contributed by atoms with van der Waals surface area (Å²) in [5.74, 6) is 1.02. The minimum absolute atomic E-state index is 0.759. The lowest BCUT2D eigenvalue weighted by atomic mass is 10.1. The molecular weight excluding hydrogens is 358 g/mol. The second kappa shape index (κ2) is 8.45. The van der Waals surface area contributed by atoms with E-state index in [1.165, 1.54) is 16.7 Å². The lowest BCUT2D eigenvalue weighted by molar-refractivity contribution is 0.674. The smallest absolute Gasteiger partial charge is 0.107 e. The molecule has 0 aliphatic heterocycles. The third-order valence-electron chi connectivity index (χ3n) is 5.06. The van der Waals surface area contributed by atoms with Crippen LogP contribution in [0.15, 0.2) is 60.9 Å². The number of aromatic nitrogens is 4. The normalized spacial score (nSPS) is 11.1. The highest BCUT2D eigenvalue weighted by Gasteiger charge is 2.13. The van der Waals surface area contributed by atoms with E-state index in [1.54, 1.807) is 0 Å². The van der Waals surface area contributed by atoms with Crippen LogP contribution in [0.25, 0.3) is 16.9 Å². The van der Waals surface area contributed by atoms with Gasteiger partial charge in [0.2, 0.25) is 0 Å². The highest BCUT2D eigenvalue weighted by Crippen LogP contribution is 2.25. The van der Waals surface area contributed by atoms with Gasteiger partial charge < -0.3 is 10.3 Å². The molecule has 0 spiro atoms. The quantitative estimate of drug-likeness (QED) is 0.460. The Balaban J connectivity index is 1.57. The molecular formula is C24H27N5. The van der Waals surface area contributed by atoms with Crippen LogP contribution in [-0.2, 0) is 13.0 Å². The molecule has 2 aromatic carbocycles. The number of hydrogen-bond donors (Lipinski definition) is 2. The lowest BCUT2D eigenvalue weighted by Gasteiger charge is -2.06. The topological polar surface area (TPSA) is 58.5 Å². The highest BCUT2D eigenvalue weighted by atomic mass is 15.3. The van der Waals surface area contributed by atoms with E-state index in [2.05, 4.69) is 77.8 Å². The molecule has 5 heteroatoms. The second-order valence-electron chi connectivity index (χ2n) is 7.54. The Morgan fingerprint density at radius 2 is 1.86 bits per heavy atom. The Labute approximate surface area is 171 Å². The van der Waals surface area contributed by atoms with Crippen molar-refractivity contribution in [1.82, 2.24) is 25.1 Å². The first kappa shape index (κ1) is 19.2. The molecule has 0 saturated carbocycles. The van der Waals surface area contributed by atoms with E-state index in [0.29, 0.717) is 0 Å². The van der Waals surface area contributed by atoms with Gasteiger partial charge in [-0.2, -0.15) is 5.10 Å². The summed E-state index contributed by atoms with van der Waals surface area (Å²) < 4.78 is 2.01. The summed E-state index contributed by atoms with van der Waals surface area (Å²) in [6.45, 7) is 7.88. The molecule has 2 N–H and O–H groups in total. The molecule has 0 aliphatic carbocycles. The van der Waals surface area contributed by atoms with Crippen LogP contribution in [0, 0.1) is 20.8 Å². The van der Waals surface area contributed by atoms with Gasteiger partial charge in [-0.25, -0.2) is 9.67 Å². The number of aryl methyl sites for hydroxylation is 3. The fourth-order valence-corrected chi connectivity index (χ4v) is 3.49. The molecule has 0 amide bonds. The monoisotopic (exact) mass is 385 g/mol. The molecule has 29 heavy (non-hydrogen) atoms. The van der Waals surface area contributed by atoms with Gasteiger partial charge in [-0.15, -0.1) is 0 Å². The predicted octanol–water partition coefficient (Wildman–Crippen LogP) is 4.52. The summed E-state index contributed by atoms with van der Waals surface area (Å²) >= 11 is 0. The van der Waals surface area contributed by atoms with Crippen molar-refractivity contribution in [2.75, 3.05) is 6.54 Å². The third kappa shape index (κ3) is 4.46. The van der Waals surface area contributed by atoms with Crippen LogP contribution in [0.4, 0.5) is 0 Å². The van der Waals surface area contributed by atoms with Crippen LogP contribution in [-0.4, -0.2) is 26.3 Å². The maximum atomic E-state index is 4.95. The zero-order valence-corrected chi connectivity index (χ0v) is 17.2. The van der Waals surface area contributed by atoms with Gasteiger partial charge in [0.1, 0.15) is 5.82 Å². The molecule has 148 valence electrons. The second-order valence-corrected chi connectivity index (χ2v) is 7.54. The van der Waals surface area contributed by atoms with Gasteiger partial charge in [0, 0.05) is 48.7 Å². The van der Waals surface area contributed by atoms with Crippen molar-refractivity contribution in [3.05, 3.63) is 89.1 Å². The molecule has 0 radical (unpaired) electrons. The van der Waals surface area contributed by atoms with E-state index in [-0.39, 0.29) is 0 Å². The first-order valence-electron chi connectivity index (χ1n) is 10.0. The molecule has 0 atom stereocenters. The first-order valence-corrected chi connectivity index (χ1v) is 10.0. The average Bonchev–Trinajstić information content (AvgIpc) is 3.34. The molecule has 4 rings (SSSR count). The number of nitrogens with one attached hydrogen (secondary N) is 2. The van der Waals surface area contributed by atoms with Crippen molar-refractivity contribution in [1.29, 1.82) is 0 Å². The van der Waals surface area contributed by atoms with Crippen molar-refractivity contribution in [2.24, 2.45) is 0 Å². The Kier molecular flexibility index (Phi) is 5.58. The van der Waals surface area contributed by atoms with Gasteiger partial charge in [-0.05, 0) is 38.0 Å². The number of benzene rings is 2. The molecule has 0 unspecified atom stereocenters. The largest absolute Gasteiger partial charge is 0.346 e. The Bertz CT molecular complexity index is 1090. The minimum Gasteiger partial charge on any atom is -0.346 e. The van der Waals surface area contributed by atoms with Crippen LogP contribution in [0.2, 0.25) is 0 Å². The third-order valence-corrected chi connectivity index (χ3v) is 5.06. The number of imidazole rings is 1. The van der Waals surface area contributed by atoms with E-state index >= 15 is 0 Å². The summed E-state index contributed by atoms with van der Waals surface area (Å²) in [5, 5.41) is 8.50. The number of hydrogen-bond acceptors (Lipinski definition) is 3. The molecule has 2 aromatic heterocycles. The van der Waals surface area contributed by atoms with E-state index < -0.39 is 0 Å². The SMILES string of the molecule is Cc1ccc(C)c(-n2cc(CNCCc3ncc(C)[nH]3)c(-c3ccccc3)n2)c1. The first-order chi connectivity index (χ1) is 14.1. The summed E-state index contributed by atoms with van der Waals surface area (Å²) in [5.41, 5.74) is 8.01. The predicted molar refractivity (Wildman–Crippen MR) is 117 cm³/mol. The van der Waals surface area contributed by atoms with Gasteiger partial charge in [-0.1, -0.05) is 42.5 Å². The standard InChI is InChI=1S/C24H27N5/c1-17-9-10-18(2)22(13-17)29-16-21(24(28-29)20-7-5-4-6-8-20)15-25-12-11-23-26-14-19(3)27-23/h4-10,13-14,16,25H,11-12,15H2,1-3H3,(H,26,27). The number of rotatable bonds is 7. The maximum Gasteiger partial charge on any atom is 0.107 e. The molecule has 0 bridgehead atoms. The van der Waals surface area contributed by atoms with Gasteiger partial charge >= 0.3 is 0 Å². The fourth-order valence-electron chi connectivity index (χ4n) is 3.49. The number of H-pyrrole nitrogens is 1. The zero-order chi connectivity index (χ0) is 20.2. The maximum absolute atomic E-state index is 4.95. The summed E-state index contributed by atoms with van der Waals surface area (Å²) in [6, 6.07) is 16.9. The van der Waals surface area contributed by atoms with Crippen molar-refractivity contribution in [3.8, 4) is 16.9 Å². The summed E-state index contributed by atoms with van der Waals surface area (Å²) in [7, 11) is 0. The molecule has 0 saturated heterocycles. The Morgan fingerprint density at radius 1 is 1.03 bits per heavy atom. The van der Waals surface area contributed by atoms with E-state index in [1.807, 2.05) is 23.9 Å². The van der Waals surface area contributed by atoms with Crippen LogP contribution in [0.1, 0.15) is 28.2 Å². The van der Waals surface area contributed by atoms with Crippen LogP contribution >= 0.6 is 0 Å². The molecule has 0 aliphatic rings. The van der Waals surface area contributed by atoms with Gasteiger partial charge in [0.25, 0.3) is 0 Å². The van der Waals surface area contributed by atoms with Crippen molar-refractivity contribution < 1.29 is 0 Å². The number of nitrogens with zero attached hydrogens (tertiary/aromatic N) is 3. The van der Waals surface area contributed by atoms with Crippen LogP contribution in [0.3, 0.4) is 0 Å². The van der Waals surface area contributed by atoms with E-state index in [9.17, 15) is 0 Å².